The maximum atomic E-state index is 12.3. The Balaban J connectivity index is 1.72. The van der Waals surface area contributed by atoms with Crippen LogP contribution >= 0.6 is 11.6 Å². The Kier molecular flexibility index (Phi) is 10.3. The summed E-state index contributed by atoms with van der Waals surface area (Å²) in [6, 6.07) is 0. The van der Waals surface area contributed by atoms with Gasteiger partial charge in [0.15, 0.2) is 28.4 Å². The van der Waals surface area contributed by atoms with Crippen LogP contribution < -0.4 is 22.5 Å². The van der Waals surface area contributed by atoms with Crippen molar-refractivity contribution in [1.82, 2.24) is 25.3 Å². The van der Waals surface area contributed by atoms with Gasteiger partial charge in [0.05, 0.1) is 0 Å². The highest BCUT2D eigenvalue weighted by Gasteiger charge is 2.35. The number of nitrogens with one attached hydrogen (secondary N) is 2. The Labute approximate surface area is 211 Å². The van der Waals surface area contributed by atoms with Crippen LogP contribution in [0.4, 0.5) is 11.6 Å². The molecule has 0 fully saturated rings. The zero-order valence-electron chi connectivity index (χ0n) is 21.0. The maximum absolute atomic E-state index is 12.3. The monoisotopic (exact) mass is 507 g/mol. The van der Waals surface area contributed by atoms with Crippen LogP contribution in [0.3, 0.4) is 0 Å². The molecule has 2 aromatic rings. The smallest absolute Gasteiger partial charge is 0.280 e. The third kappa shape index (κ3) is 8.66. The van der Waals surface area contributed by atoms with Gasteiger partial charge in [0.2, 0.25) is 0 Å². The van der Waals surface area contributed by atoms with Crippen LogP contribution in [0.5, 0.6) is 0 Å². The Bertz CT molecular complexity index is 991. The van der Waals surface area contributed by atoms with Crippen LogP contribution in [0.25, 0.3) is 0 Å². The molecule has 0 unspecified atom stereocenters. The third-order valence-electron chi connectivity index (χ3n) is 6.56. The summed E-state index contributed by atoms with van der Waals surface area (Å²) in [6.07, 6.45) is 8.13. The van der Waals surface area contributed by atoms with Crippen molar-refractivity contribution in [2.45, 2.75) is 59.8 Å². The third-order valence-corrected chi connectivity index (χ3v) is 6.84. The van der Waals surface area contributed by atoms with E-state index in [-0.39, 0.29) is 39.3 Å². The molecule has 11 nitrogen and oxygen atoms in total. The minimum atomic E-state index is -0.649. The van der Waals surface area contributed by atoms with E-state index in [2.05, 4.69) is 57.9 Å². The number of aromatic amines is 1. The highest BCUT2D eigenvalue weighted by atomic mass is 35.5. The van der Waals surface area contributed by atoms with Crippen LogP contribution in [0, 0.1) is 10.8 Å². The summed E-state index contributed by atoms with van der Waals surface area (Å²) in [5, 5.41) is 2.34. The number of H-pyrrole nitrogens is 1. The Morgan fingerprint density at radius 1 is 1.11 bits per heavy atom. The van der Waals surface area contributed by atoms with Crippen LogP contribution in [0.2, 0.25) is 5.15 Å². The normalized spacial score (nSPS) is 12.7. The van der Waals surface area contributed by atoms with Crippen LogP contribution in [-0.2, 0) is 11.2 Å². The molecule has 194 valence electrons. The van der Waals surface area contributed by atoms with Gasteiger partial charge >= 0.3 is 0 Å². The van der Waals surface area contributed by atoms with E-state index in [0.29, 0.717) is 13.2 Å². The van der Waals surface area contributed by atoms with Gasteiger partial charge in [-0.05, 0) is 36.5 Å². The maximum Gasteiger partial charge on any atom is 0.280 e. The molecule has 1 amide bonds. The summed E-state index contributed by atoms with van der Waals surface area (Å²) in [7, 11) is 0. The number of hydrogen-bond donors (Lipinski definition) is 5. The first kappa shape index (κ1) is 28.3. The quantitative estimate of drug-likeness (QED) is 0.155. The lowest BCUT2D eigenvalue weighted by Crippen LogP contribution is -2.38. The molecule has 0 aliphatic rings. The SMILES string of the molecule is CC(C)(CCCN=C(N)NC(=O)c1nc(Cl)c(N)nc1N)C(C)(C)CCOCCCc1ncc[nH]1. The van der Waals surface area contributed by atoms with Crippen molar-refractivity contribution in [3.8, 4) is 0 Å². The number of anilines is 2. The van der Waals surface area contributed by atoms with Crippen LogP contribution in [-0.4, -0.2) is 51.6 Å². The van der Waals surface area contributed by atoms with E-state index in [1.807, 2.05) is 6.20 Å². The van der Waals surface area contributed by atoms with Gasteiger partial charge in [0.1, 0.15) is 5.82 Å². The molecule has 0 aromatic carbocycles. The molecule has 0 spiro atoms. The van der Waals surface area contributed by atoms with E-state index in [4.69, 9.17) is 33.5 Å². The molecule has 35 heavy (non-hydrogen) atoms. The number of ether oxygens (including phenoxy) is 1. The summed E-state index contributed by atoms with van der Waals surface area (Å²) in [4.78, 5) is 31.5. The predicted molar refractivity (Wildman–Crippen MR) is 139 cm³/mol. The lowest BCUT2D eigenvalue weighted by molar-refractivity contribution is 0.0366. The number of aryl methyl sites for hydroxylation is 1. The van der Waals surface area contributed by atoms with Crippen LogP contribution in [0.15, 0.2) is 17.4 Å². The number of aromatic nitrogens is 4. The number of rotatable bonds is 13. The number of carbonyl (C=O) groups is 1. The fourth-order valence-electron chi connectivity index (χ4n) is 3.43. The first-order chi connectivity index (χ1) is 16.4. The van der Waals surface area contributed by atoms with Crippen molar-refractivity contribution < 1.29 is 9.53 Å². The topological polar surface area (TPSA) is 183 Å². The van der Waals surface area contributed by atoms with Crippen molar-refractivity contribution in [3.63, 3.8) is 0 Å². The predicted octanol–water partition coefficient (Wildman–Crippen LogP) is 2.93. The summed E-state index contributed by atoms with van der Waals surface area (Å²) in [6.45, 7) is 10.9. The average Bonchev–Trinajstić information content (AvgIpc) is 3.29. The standard InChI is InChI=1S/C23H38ClN9O2/c1-22(2,23(3,4)9-14-35-13-5-7-15-28-11-12-29-15)8-6-10-30-21(27)33-20(34)16-18(25)32-19(26)17(24)31-16/h11-12H,5-10,13-14H2,1-4H3,(H,28,29)(H4,25,26,32)(H3,27,30,33,34). The second kappa shape index (κ2) is 12.7. The number of amides is 1. The zero-order chi connectivity index (χ0) is 26.1. The van der Waals surface area contributed by atoms with Gasteiger partial charge in [-0.25, -0.2) is 15.0 Å². The molecule has 2 heterocycles. The number of carbonyl (C=O) groups excluding carboxylic acids is 1. The number of nitrogens with two attached hydrogens (primary N) is 3. The highest BCUT2D eigenvalue weighted by molar-refractivity contribution is 6.31. The van der Waals surface area contributed by atoms with Gasteiger partial charge in [-0.15, -0.1) is 0 Å². The second-order valence-electron chi connectivity index (χ2n) is 9.73. The number of guanidine groups is 1. The number of imidazole rings is 1. The Hall–Kier alpha value is -2.92. The van der Waals surface area contributed by atoms with E-state index in [1.165, 1.54) is 0 Å². The number of aliphatic imine (C=N–C) groups is 1. The highest BCUT2D eigenvalue weighted by Crippen LogP contribution is 2.44. The van der Waals surface area contributed by atoms with E-state index in [9.17, 15) is 4.79 Å². The second-order valence-corrected chi connectivity index (χ2v) is 10.1. The van der Waals surface area contributed by atoms with Gasteiger partial charge in [-0.1, -0.05) is 39.3 Å². The molecule has 12 heteroatoms. The van der Waals surface area contributed by atoms with E-state index in [0.717, 1.165) is 44.5 Å². The first-order valence-electron chi connectivity index (χ1n) is 11.7. The average molecular weight is 508 g/mol. The molecule has 0 aliphatic carbocycles. The van der Waals surface area contributed by atoms with Crippen LogP contribution in [0.1, 0.15) is 69.7 Å². The van der Waals surface area contributed by atoms with Crippen molar-refractivity contribution >= 4 is 35.1 Å². The minimum Gasteiger partial charge on any atom is -0.382 e. The molecular formula is C23H38ClN9O2. The number of halogens is 1. The molecule has 0 atom stereocenters. The fraction of sp³-hybridized carbons (Fsp3) is 0.609. The largest absolute Gasteiger partial charge is 0.382 e. The Morgan fingerprint density at radius 2 is 1.83 bits per heavy atom. The van der Waals surface area contributed by atoms with Gasteiger partial charge in [0.25, 0.3) is 5.91 Å². The van der Waals surface area contributed by atoms with Crippen molar-refractivity contribution in [2.75, 3.05) is 31.2 Å². The molecule has 8 N–H and O–H groups in total. The molecule has 0 bridgehead atoms. The fourth-order valence-corrected chi connectivity index (χ4v) is 3.55. The van der Waals surface area contributed by atoms with E-state index in [1.54, 1.807) is 6.20 Å². The van der Waals surface area contributed by atoms with Crippen molar-refractivity contribution in [3.05, 3.63) is 29.1 Å². The Morgan fingerprint density at radius 3 is 2.51 bits per heavy atom. The lowest BCUT2D eigenvalue weighted by Gasteiger charge is -2.42. The van der Waals surface area contributed by atoms with E-state index < -0.39 is 5.91 Å². The lowest BCUT2D eigenvalue weighted by atomic mass is 9.64. The molecule has 2 aromatic heterocycles. The van der Waals surface area contributed by atoms with Crippen molar-refractivity contribution in [1.29, 1.82) is 0 Å². The molecule has 0 saturated carbocycles. The summed E-state index contributed by atoms with van der Waals surface area (Å²) < 4.78 is 5.86. The molecule has 2 rings (SSSR count). The van der Waals surface area contributed by atoms with Gasteiger partial charge in [-0.3, -0.25) is 15.1 Å². The number of nitrogen functional groups attached to an aromatic ring is 2. The summed E-state index contributed by atoms with van der Waals surface area (Å²) >= 11 is 5.81. The van der Waals surface area contributed by atoms with Gasteiger partial charge < -0.3 is 26.9 Å². The molecule has 0 radical (unpaired) electrons. The zero-order valence-corrected chi connectivity index (χ0v) is 21.8. The minimum absolute atomic E-state index is 0.0239. The van der Waals surface area contributed by atoms with Crippen molar-refractivity contribution in [2.24, 2.45) is 21.6 Å². The number of nitrogens with zero attached hydrogens (tertiary/aromatic N) is 4. The molecule has 0 aliphatic heterocycles. The van der Waals surface area contributed by atoms with Gasteiger partial charge in [-0.2, -0.15) is 0 Å². The summed E-state index contributed by atoms with van der Waals surface area (Å²) in [5.74, 6) is 0.130. The first-order valence-corrected chi connectivity index (χ1v) is 12.1. The molecule has 0 saturated heterocycles. The van der Waals surface area contributed by atoms with E-state index >= 15 is 0 Å². The number of hydrogen-bond acceptors (Lipinski definition) is 8. The summed E-state index contributed by atoms with van der Waals surface area (Å²) in [5.41, 5.74) is 17.0. The molecular weight excluding hydrogens is 470 g/mol. The van der Waals surface area contributed by atoms with Gasteiger partial charge in [0, 0.05) is 38.6 Å².